The van der Waals surface area contributed by atoms with Gasteiger partial charge in [-0.2, -0.15) is 0 Å². The van der Waals surface area contributed by atoms with Crippen LogP contribution in [0.25, 0.3) is 80.7 Å². The van der Waals surface area contributed by atoms with Crippen LogP contribution >= 0.6 is 11.3 Å². The first-order chi connectivity index (χ1) is 28.5. The molecule has 9 aromatic carbocycles. The number of anilines is 3. The molecule has 0 saturated heterocycles. The van der Waals surface area contributed by atoms with Gasteiger partial charge in [-0.3, -0.25) is 0 Å². The molecular weight excluding hydrogens is 721 g/mol. The first kappa shape index (κ1) is 33.2. The molecule has 3 heteroatoms. The van der Waals surface area contributed by atoms with E-state index in [0.29, 0.717) is 0 Å². The number of benzene rings is 9. The molecule has 0 unspecified atom stereocenters. The van der Waals surface area contributed by atoms with Crippen molar-refractivity contribution < 1.29 is 0 Å². The molecule has 0 spiro atoms. The molecule has 11 aromatic rings. The minimum atomic E-state index is -0.103. The van der Waals surface area contributed by atoms with E-state index in [1.807, 2.05) is 11.3 Å². The fraction of sp³-hybridized carbons (Fsp3) is 0.0545. The molecule has 274 valence electrons. The molecule has 0 aliphatic heterocycles. The highest BCUT2D eigenvalue weighted by Gasteiger charge is 2.35. The van der Waals surface area contributed by atoms with E-state index in [0.717, 1.165) is 22.7 Å². The van der Waals surface area contributed by atoms with E-state index in [-0.39, 0.29) is 5.41 Å². The number of hydrogen-bond acceptors (Lipinski definition) is 2. The lowest BCUT2D eigenvalue weighted by Crippen LogP contribution is -2.16. The fourth-order valence-corrected chi connectivity index (χ4v) is 11.0. The Balaban J connectivity index is 1.05. The molecule has 0 N–H and O–H groups in total. The molecule has 2 aromatic heterocycles. The summed E-state index contributed by atoms with van der Waals surface area (Å²) in [6, 6.07) is 71.7. The van der Waals surface area contributed by atoms with Crippen molar-refractivity contribution in [3.8, 4) is 27.9 Å². The Morgan fingerprint density at radius 2 is 1.09 bits per heavy atom. The van der Waals surface area contributed by atoms with Gasteiger partial charge in [0, 0.05) is 64.5 Å². The van der Waals surface area contributed by atoms with Gasteiger partial charge in [-0.25, -0.2) is 0 Å². The Hall–Kier alpha value is -6.94. The second kappa shape index (κ2) is 12.5. The standard InChI is InChI=1S/C55H38N2S/c1-55(2)48-17-9-6-14-42(48)43-33-30-41(34-49(43)55)56(38-24-20-36(21-25-38)35-12-4-3-5-13-35)39-26-28-40(29-27-39)57-50-18-10-7-15-44(50)46-31-22-37-23-32-47-45-16-8-11-19-51(45)58-54(47)52(37)53(46)57/h3-34H,1-2H3. The van der Waals surface area contributed by atoms with Gasteiger partial charge in [-0.05, 0) is 99.4 Å². The molecule has 0 atom stereocenters. The lowest BCUT2D eigenvalue weighted by atomic mass is 9.82. The summed E-state index contributed by atoms with van der Waals surface area (Å²) in [4.78, 5) is 2.42. The van der Waals surface area contributed by atoms with E-state index in [9.17, 15) is 0 Å². The summed E-state index contributed by atoms with van der Waals surface area (Å²) in [6.07, 6.45) is 0. The maximum Gasteiger partial charge on any atom is 0.0633 e. The molecule has 0 fully saturated rings. The van der Waals surface area contributed by atoms with Crippen molar-refractivity contribution >= 4 is 81.1 Å². The minimum absolute atomic E-state index is 0.103. The Morgan fingerprint density at radius 1 is 0.466 bits per heavy atom. The Bertz CT molecular complexity index is 3400. The molecule has 0 amide bonds. The highest BCUT2D eigenvalue weighted by Crippen LogP contribution is 2.51. The molecular formula is C55H38N2S. The van der Waals surface area contributed by atoms with Gasteiger partial charge in [0.05, 0.1) is 11.0 Å². The number of rotatable bonds is 5. The van der Waals surface area contributed by atoms with E-state index in [4.69, 9.17) is 0 Å². The summed E-state index contributed by atoms with van der Waals surface area (Å²) in [5, 5.41) is 7.77. The van der Waals surface area contributed by atoms with Gasteiger partial charge in [-0.15, -0.1) is 11.3 Å². The third kappa shape index (κ3) is 4.84. The van der Waals surface area contributed by atoms with Gasteiger partial charge in [-0.1, -0.05) is 147 Å². The number of para-hydroxylation sites is 1. The number of hydrogen-bond donors (Lipinski definition) is 0. The first-order valence-corrected chi connectivity index (χ1v) is 20.9. The van der Waals surface area contributed by atoms with Gasteiger partial charge in [0.2, 0.25) is 0 Å². The van der Waals surface area contributed by atoms with Crippen LogP contribution in [-0.2, 0) is 5.41 Å². The third-order valence-electron chi connectivity index (χ3n) is 12.6. The van der Waals surface area contributed by atoms with E-state index < -0.39 is 0 Å². The van der Waals surface area contributed by atoms with Crippen molar-refractivity contribution in [2.45, 2.75) is 19.3 Å². The Labute approximate surface area is 341 Å². The van der Waals surface area contributed by atoms with Crippen LogP contribution in [-0.4, -0.2) is 4.57 Å². The molecule has 2 nitrogen and oxygen atoms in total. The van der Waals surface area contributed by atoms with Gasteiger partial charge < -0.3 is 9.47 Å². The number of fused-ring (bicyclic) bond motifs is 12. The summed E-state index contributed by atoms with van der Waals surface area (Å²) < 4.78 is 5.16. The van der Waals surface area contributed by atoms with E-state index in [1.165, 1.54) is 86.1 Å². The zero-order valence-corrected chi connectivity index (χ0v) is 33.1. The molecule has 58 heavy (non-hydrogen) atoms. The predicted molar refractivity (Wildman–Crippen MR) is 249 cm³/mol. The van der Waals surface area contributed by atoms with E-state index in [1.54, 1.807) is 0 Å². The highest BCUT2D eigenvalue weighted by atomic mass is 32.1. The molecule has 1 aliphatic carbocycles. The second-order valence-corrected chi connectivity index (χ2v) is 17.2. The van der Waals surface area contributed by atoms with Crippen LogP contribution in [0.2, 0.25) is 0 Å². The van der Waals surface area contributed by atoms with Gasteiger partial charge in [0.1, 0.15) is 0 Å². The normalized spacial score (nSPS) is 13.1. The van der Waals surface area contributed by atoms with Crippen LogP contribution in [0.1, 0.15) is 25.0 Å². The van der Waals surface area contributed by atoms with Gasteiger partial charge in [0.25, 0.3) is 0 Å². The summed E-state index contributed by atoms with van der Waals surface area (Å²) in [5.41, 5.74) is 14.7. The quantitative estimate of drug-likeness (QED) is 0.170. The van der Waals surface area contributed by atoms with Crippen LogP contribution in [0.15, 0.2) is 194 Å². The average Bonchev–Trinajstić information content (AvgIpc) is 3.90. The summed E-state index contributed by atoms with van der Waals surface area (Å²) in [5.74, 6) is 0. The molecule has 12 rings (SSSR count). The van der Waals surface area contributed by atoms with Crippen LogP contribution in [0, 0.1) is 0 Å². The predicted octanol–water partition coefficient (Wildman–Crippen LogP) is 15.7. The van der Waals surface area contributed by atoms with Crippen molar-refractivity contribution in [3.05, 3.63) is 205 Å². The Kier molecular flexibility index (Phi) is 7.18. The molecule has 0 bridgehead atoms. The highest BCUT2D eigenvalue weighted by molar-refractivity contribution is 7.26. The van der Waals surface area contributed by atoms with Crippen LogP contribution < -0.4 is 4.90 Å². The van der Waals surface area contributed by atoms with Crippen molar-refractivity contribution in [2.75, 3.05) is 4.90 Å². The van der Waals surface area contributed by atoms with Crippen molar-refractivity contribution in [3.63, 3.8) is 0 Å². The summed E-state index contributed by atoms with van der Waals surface area (Å²) >= 11 is 1.91. The monoisotopic (exact) mass is 758 g/mol. The number of thiophene rings is 1. The van der Waals surface area contributed by atoms with Gasteiger partial charge >= 0.3 is 0 Å². The smallest absolute Gasteiger partial charge is 0.0633 e. The lowest BCUT2D eigenvalue weighted by Gasteiger charge is -2.28. The largest absolute Gasteiger partial charge is 0.310 e. The van der Waals surface area contributed by atoms with Gasteiger partial charge in [0.15, 0.2) is 0 Å². The summed E-state index contributed by atoms with van der Waals surface area (Å²) in [6.45, 7) is 4.72. The van der Waals surface area contributed by atoms with Crippen LogP contribution in [0.5, 0.6) is 0 Å². The number of aromatic nitrogens is 1. The van der Waals surface area contributed by atoms with Crippen molar-refractivity contribution in [1.82, 2.24) is 4.57 Å². The molecule has 0 saturated carbocycles. The van der Waals surface area contributed by atoms with Crippen LogP contribution in [0.3, 0.4) is 0 Å². The number of nitrogens with zero attached hydrogens (tertiary/aromatic N) is 2. The zero-order chi connectivity index (χ0) is 38.5. The van der Waals surface area contributed by atoms with Crippen LogP contribution in [0.4, 0.5) is 17.1 Å². The SMILES string of the molecule is CC1(C)c2ccccc2-c2ccc(N(c3ccc(-c4ccccc4)cc3)c3ccc(-n4c5ccccc5c5ccc6ccc7c8ccccc8sc7c6c54)cc3)cc21. The average molecular weight is 759 g/mol. The minimum Gasteiger partial charge on any atom is -0.310 e. The maximum atomic E-state index is 2.49. The second-order valence-electron chi connectivity index (χ2n) is 16.1. The topological polar surface area (TPSA) is 8.17 Å². The molecule has 0 radical (unpaired) electrons. The third-order valence-corrected chi connectivity index (χ3v) is 13.8. The molecule has 2 heterocycles. The van der Waals surface area contributed by atoms with E-state index >= 15 is 0 Å². The zero-order valence-electron chi connectivity index (χ0n) is 32.3. The first-order valence-electron chi connectivity index (χ1n) is 20.1. The Morgan fingerprint density at radius 3 is 1.90 bits per heavy atom. The fourth-order valence-electron chi connectivity index (χ4n) is 9.77. The lowest BCUT2D eigenvalue weighted by molar-refractivity contribution is 0.660. The maximum absolute atomic E-state index is 2.49. The molecule has 1 aliphatic rings. The van der Waals surface area contributed by atoms with Crippen molar-refractivity contribution in [2.24, 2.45) is 0 Å². The van der Waals surface area contributed by atoms with E-state index in [2.05, 4.69) is 217 Å². The summed E-state index contributed by atoms with van der Waals surface area (Å²) in [7, 11) is 0. The van der Waals surface area contributed by atoms with Crippen molar-refractivity contribution in [1.29, 1.82) is 0 Å².